The Kier molecular flexibility index (Phi) is 7.73. The maximum atomic E-state index is 13.4. The molecule has 0 aliphatic heterocycles. The molecule has 0 saturated carbocycles. The summed E-state index contributed by atoms with van der Waals surface area (Å²) in [6.45, 7) is -0.765. The summed E-state index contributed by atoms with van der Waals surface area (Å²) >= 11 is 5.98. The minimum absolute atomic E-state index is 0.0894. The number of anilines is 1. The molecule has 0 bridgehead atoms. The highest BCUT2D eigenvalue weighted by Crippen LogP contribution is 2.29. The highest BCUT2D eigenvalue weighted by Gasteiger charge is 2.33. The highest BCUT2D eigenvalue weighted by molar-refractivity contribution is 7.93. The average molecular weight is 518 g/mol. The van der Waals surface area contributed by atoms with Crippen LogP contribution < -0.4 is 9.73 Å². The van der Waals surface area contributed by atoms with E-state index in [1.165, 1.54) is 48.5 Å². The molecule has 12 nitrogen and oxygen atoms in total. The molecule has 0 aromatic heterocycles. The second kappa shape index (κ2) is 10.7. The quantitative estimate of drug-likeness (QED) is 0.257. The maximum absolute atomic E-state index is 13.4. The van der Waals surface area contributed by atoms with Crippen molar-refractivity contribution in [3.05, 3.63) is 104 Å². The maximum Gasteiger partial charge on any atom is 0.289 e. The highest BCUT2D eigenvalue weighted by atomic mass is 35.5. The number of benzene rings is 3. The predicted molar refractivity (Wildman–Crippen MR) is 128 cm³/mol. The minimum Gasteiger partial charge on any atom is -0.271 e. The number of nitrogens with one attached hydrogen (secondary N) is 1. The molecule has 0 fully saturated rings. The third-order valence-corrected chi connectivity index (χ3v) is 6.71. The first-order valence-electron chi connectivity index (χ1n) is 9.68. The van der Waals surface area contributed by atoms with Crippen LogP contribution in [0.2, 0.25) is 5.02 Å². The summed E-state index contributed by atoms with van der Waals surface area (Å²) in [7, 11) is -4.54. The van der Waals surface area contributed by atoms with Gasteiger partial charge in [-0.3, -0.25) is 29.3 Å². The normalized spacial score (nSPS) is 11.2. The largest absolute Gasteiger partial charge is 0.289 e. The molecule has 1 amide bonds. The predicted octanol–water partition coefficient (Wildman–Crippen LogP) is 3.50. The molecule has 0 heterocycles. The number of rotatable bonds is 9. The molecule has 0 radical (unpaired) electrons. The van der Waals surface area contributed by atoms with Gasteiger partial charge in [-0.15, -0.1) is 0 Å². The van der Waals surface area contributed by atoms with Crippen LogP contribution in [0.1, 0.15) is 5.56 Å². The van der Waals surface area contributed by atoms with Gasteiger partial charge in [-0.25, -0.2) is 13.8 Å². The second-order valence-electron chi connectivity index (χ2n) is 6.83. The molecule has 14 heteroatoms. The Balaban J connectivity index is 1.89. The molecular formula is C21H16ClN5O7S. The molecular weight excluding hydrogens is 502 g/mol. The molecule has 180 valence electrons. The van der Waals surface area contributed by atoms with Gasteiger partial charge in [0.05, 0.1) is 21.7 Å². The standard InChI is InChI=1S/C21H16ClN5O7S/c22-18-11-10-17(26(29)30)12-15(18)13-23-24-21(28)14-25(16-6-2-1-3-7-16)35(33,34)20-9-5-4-8-19(20)27(31)32/h1-13H,14H2,(H,24,28)/b23-13+. The third-order valence-electron chi connectivity index (χ3n) is 4.54. The molecule has 0 unspecified atom stereocenters. The van der Waals surface area contributed by atoms with Gasteiger partial charge in [0, 0.05) is 28.8 Å². The summed E-state index contributed by atoms with van der Waals surface area (Å²) in [5, 5.41) is 26.1. The molecule has 0 saturated heterocycles. The van der Waals surface area contributed by atoms with Gasteiger partial charge in [-0.05, 0) is 24.3 Å². The van der Waals surface area contributed by atoms with E-state index < -0.39 is 42.9 Å². The molecule has 0 spiro atoms. The zero-order valence-corrected chi connectivity index (χ0v) is 19.2. The van der Waals surface area contributed by atoms with E-state index in [1.807, 2.05) is 0 Å². The van der Waals surface area contributed by atoms with Gasteiger partial charge in [0.1, 0.15) is 6.54 Å². The number of nitrogens with zero attached hydrogens (tertiary/aromatic N) is 4. The number of hydrazone groups is 1. The number of amides is 1. The third kappa shape index (κ3) is 5.96. The minimum atomic E-state index is -4.54. The Morgan fingerprint density at radius 2 is 1.66 bits per heavy atom. The van der Waals surface area contributed by atoms with Crippen LogP contribution in [-0.2, 0) is 14.8 Å². The van der Waals surface area contributed by atoms with Gasteiger partial charge in [0.2, 0.25) is 0 Å². The van der Waals surface area contributed by atoms with Gasteiger partial charge in [0.15, 0.2) is 4.90 Å². The summed E-state index contributed by atoms with van der Waals surface area (Å²) in [6, 6.07) is 16.0. The molecule has 0 aliphatic rings. The first-order chi connectivity index (χ1) is 16.6. The lowest BCUT2D eigenvalue weighted by molar-refractivity contribution is -0.387. The number of nitro groups is 2. The van der Waals surface area contributed by atoms with E-state index in [9.17, 15) is 33.4 Å². The Morgan fingerprint density at radius 1 is 1.00 bits per heavy atom. The zero-order valence-electron chi connectivity index (χ0n) is 17.6. The number of para-hydroxylation sites is 2. The van der Waals surface area contributed by atoms with E-state index >= 15 is 0 Å². The Hall–Kier alpha value is -4.36. The number of carbonyl (C=O) groups excluding carboxylic acids is 1. The first-order valence-corrected chi connectivity index (χ1v) is 11.5. The monoisotopic (exact) mass is 517 g/mol. The number of hydrogen-bond donors (Lipinski definition) is 1. The van der Waals surface area contributed by atoms with E-state index in [0.29, 0.717) is 4.31 Å². The van der Waals surface area contributed by atoms with Crippen LogP contribution in [0, 0.1) is 20.2 Å². The molecule has 3 aromatic rings. The smallest absolute Gasteiger partial charge is 0.271 e. The van der Waals surface area contributed by atoms with Gasteiger partial charge < -0.3 is 0 Å². The van der Waals surface area contributed by atoms with Crippen molar-refractivity contribution < 1.29 is 23.1 Å². The van der Waals surface area contributed by atoms with Gasteiger partial charge in [-0.1, -0.05) is 41.9 Å². The van der Waals surface area contributed by atoms with Crippen LogP contribution in [0.15, 0.2) is 82.8 Å². The van der Waals surface area contributed by atoms with E-state index in [0.717, 1.165) is 24.4 Å². The fourth-order valence-corrected chi connectivity index (χ4v) is 4.69. The number of nitro benzene ring substituents is 2. The van der Waals surface area contributed by atoms with Crippen molar-refractivity contribution in [2.45, 2.75) is 4.90 Å². The number of carbonyl (C=O) groups is 1. The molecule has 0 aliphatic carbocycles. The molecule has 1 N–H and O–H groups in total. The van der Waals surface area contributed by atoms with Crippen LogP contribution in [0.5, 0.6) is 0 Å². The lowest BCUT2D eigenvalue weighted by atomic mass is 10.2. The number of sulfonamides is 1. The van der Waals surface area contributed by atoms with E-state index in [1.54, 1.807) is 6.07 Å². The van der Waals surface area contributed by atoms with Crippen molar-refractivity contribution in [1.82, 2.24) is 5.43 Å². The Labute approximate surface area is 203 Å². The van der Waals surface area contributed by atoms with Gasteiger partial charge in [0.25, 0.3) is 27.3 Å². The van der Waals surface area contributed by atoms with Crippen molar-refractivity contribution in [3.8, 4) is 0 Å². The lowest BCUT2D eigenvalue weighted by Gasteiger charge is -2.23. The lowest BCUT2D eigenvalue weighted by Crippen LogP contribution is -2.39. The van der Waals surface area contributed by atoms with Gasteiger partial charge in [-0.2, -0.15) is 5.10 Å². The molecule has 3 aromatic carbocycles. The summed E-state index contributed by atoms with van der Waals surface area (Å²) < 4.78 is 27.4. The Morgan fingerprint density at radius 3 is 2.31 bits per heavy atom. The first kappa shape index (κ1) is 25.3. The topological polar surface area (TPSA) is 165 Å². The van der Waals surface area contributed by atoms with E-state index in [4.69, 9.17) is 11.6 Å². The molecule has 3 rings (SSSR count). The number of hydrogen-bond acceptors (Lipinski definition) is 8. The van der Waals surface area contributed by atoms with Crippen LogP contribution in [0.4, 0.5) is 17.1 Å². The average Bonchev–Trinajstić information content (AvgIpc) is 2.84. The SMILES string of the molecule is O=C(CN(c1ccccc1)S(=O)(=O)c1ccccc1[N+](=O)[O-])N/N=C/c1cc([N+](=O)[O-])ccc1Cl. The van der Waals surface area contributed by atoms with Crippen molar-refractivity contribution in [3.63, 3.8) is 0 Å². The fraction of sp³-hybridized carbons (Fsp3) is 0.0476. The van der Waals surface area contributed by atoms with Crippen molar-refractivity contribution >= 4 is 50.8 Å². The Bertz CT molecular complexity index is 1410. The summed E-state index contributed by atoms with van der Waals surface area (Å²) in [5.74, 6) is -0.881. The second-order valence-corrected chi connectivity index (χ2v) is 9.07. The van der Waals surface area contributed by atoms with Crippen LogP contribution >= 0.6 is 11.6 Å². The van der Waals surface area contributed by atoms with Crippen LogP contribution in [-0.4, -0.2) is 36.9 Å². The number of halogens is 1. The zero-order chi connectivity index (χ0) is 25.6. The van der Waals surface area contributed by atoms with Crippen LogP contribution in [0.3, 0.4) is 0 Å². The van der Waals surface area contributed by atoms with E-state index in [-0.39, 0.29) is 22.0 Å². The summed E-state index contributed by atoms with van der Waals surface area (Å²) in [6.07, 6.45) is 1.07. The molecule has 35 heavy (non-hydrogen) atoms. The van der Waals surface area contributed by atoms with Crippen LogP contribution in [0.25, 0.3) is 0 Å². The fourth-order valence-electron chi connectivity index (χ4n) is 2.94. The van der Waals surface area contributed by atoms with Gasteiger partial charge >= 0.3 is 0 Å². The summed E-state index contributed by atoms with van der Waals surface area (Å²) in [5.41, 5.74) is 1.48. The van der Waals surface area contributed by atoms with Crippen molar-refractivity contribution in [2.24, 2.45) is 5.10 Å². The van der Waals surface area contributed by atoms with Crippen molar-refractivity contribution in [2.75, 3.05) is 10.8 Å². The molecule has 0 atom stereocenters. The summed E-state index contributed by atoms with van der Waals surface area (Å²) in [4.78, 5) is 32.8. The van der Waals surface area contributed by atoms with E-state index in [2.05, 4.69) is 10.5 Å². The number of non-ortho nitro benzene ring substituents is 1. The van der Waals surface area contributed by atoms with Crippen molar-refractivity contribution in [1.29, 1.82) is 0 Å².